The molecule has 2 unspecified atom stereocenters. The van der Waals surface area contributed by atoms with E-state index in [4.69, 9.17) is 0 Å². The van der Waals surface area contributed by atoms with Crippen molar-refractivity contribution < 1.29 is 0 Å². The van der Waals surface area contributed by atoms with Crippen molar-refractivity contribution in [3.63, 3.8) is 0 Å². The molecule has 2 heteroatoms. The van der Waals surface area contributed by atoms with E-state index >= 15 is 0 Å². The van der Waals surface area contributed by atoms with Gasteiger partial charge in [0.1, 0.15) is 0 Å². The van der Waals surface area contributed by atoms with Gasteiger partial charge in [-0.05, 0) is 44.2 Å². The van der Waals surface area contributed by atoms with Crippen molar-refractivity contribution in [3.8, 4) is 0 Å². The highest BCUT2D eigenvalue weighted by Crippen LogP contribution is 2.37. The summed E-state index contributed by atoms with van der Waals surface area (Å²) >= 11 is 0. The molecule has 1 aliphatic heterocycles. The number of likely N-dealkylation sites (N-methyl/N-ethyl adjacent to an activating group) is 1. The van der Waals surface area contributed by atoms with Crippen LogP contribution in [-0.4, -0.2) is 37.6 Å². The summed E-state index contributed by atoms with van der Waals surface area (Å²) in [6.45, 7) is 8.33. The minimum absolute atomic E-state index is 0.741. The summed E-state index contributed by atoms with van der Waals surface area (Å²) in [5, 5.41) is 3.73. The molecule has 0 aromatic carbocycles. The maximum Gasteiger partial charge on any atom is 0.0198 e. The van der Waals surface area contributed by atoms with Crippen molar-refractivity contribution in [3.05, 3.63) is 0 Å². The molecule has 94 valence electrons. The fraction of sp³-hybridized carbons (Fsp3) is 1.00. The molecule has 1 heterocycles. The third kappa shape index (κ3) is 4.06. The molecule has 0 aromatic heterocycles. The maximum absolute atomic E-state index is 3.73. The highest BCUT2D eigenvalue weighted by atomic mass is 15.1. The van der Waals surface area contributed by atoms with E-state index in [0.717, 1.165) is 23.8 Å². The molecule has 16 heavy (non-hydrogen) atoms. The van der Waals surface area contributed by atoms with E-state index in [1.54, 1.807) is 0 Å². The zero-order valence-corrected chi connectivity index (χ0v) is 11.2. The van der Waals surface area contributed by atoms with E-state index in [2.05, 4.69) is 31.1 Å². The van der Waals surface area contributed by atoms with Gasteiger partial charge in [0.25, 0.3) is 0 Å². The second-order valence-corrected chi connectivity index (χ2v) is 6.50. The molecule has 0 spiro atoms. The molecule has 2 rings (SSSR count). The van der Waals surface area contributed by atoms with Gasteiger partial charge in [0, 0.05) is 19.1 Å². The Bertz CT molecular complexity index is 209. The molecule has 1 aliphatic carbocycles. The number of hydrogen-bond donors (Lipinski definition) is 1. The molecule has 1 saturated carbocycles. The average molecular weight is 224 g/mol. The van der Waals surface area contributed by atoms with Crippen LogP contribution in [0.1, 0.15) is 39.5 Å². The van der Waals surface area contributed by atoms with Gasteiger partial charge in [0.05, 0.1) is 0 Å². The van der Waals surface area contributed by atoms with Gasteiger partial charge in [-0.25, -0.2) is 0 Å². The summed E-state index contributed by atoms with van der Waals surface area (Å²) in [7, 11) is 2.28. The van der Waals surface area contributed by atoms with Gasteiger partial charge in [-0.3, -0.25) is 0 Å². The molecular weight excluding hydrogens is 196 g/mol. The highest BCUT2D eigenvalue weighted by Gasteiger charge is 2.30. The van der Waals surface area contributed by atoms with Gasteiger partial charge in [-0.1, -0.05) is 26.7 Å². The van der Waals surface area contributed by atoms with Crippen molar-refractivity contribution in [1.82, 2.24) is 10.2 Å². The predicted octanol–water partition coefficient (Wildman–Crippen LogP) is 2.35. The van der Waals surface area contributed by atoms with E-state index in [1.807, 2.05) is 0 Å². The first kappa shape index (κ1) is 12.4. The summed E-state index contributed by atoms with van der Waals surface area (Å²) in [6, 6.07) is 0.741. The molecule has 1 N–H and O–H groups in total. The smallest absolute Gasteiger partial charge is 0.0198 e. The molecule has 2 atom stereocenters. The van der Waals surface area contributed by atoms with Crippen LogP contribution in [0.15, 0.2) is 0 Å². The fourth-order valence-corrected chi connectivity index (χ4v) is 2.99. The normalized spacial score (nSPS) is 32.2. The molecule has 2 fully saturated rings. The summed E-state index contributed by atoms with van der Waals surface area (Å²) in [4.78, 5) is 2.52. The lowest BCUT2D eigenvalue weighted by Gasteiger charge is -2.36. The number of nitrogens with zero attached hydrogens (tertiary/aromatic N) is 1. The van der Waals surface area contributed by atoms with Crippen molar-refractivity contribution >= 4 is 0 Å². The standard InChI is InChI=1S/C14H28N2/c1-11(2)8-15-14-7-13(6-12-4-5-12)9-16(3)10-14/h11-15H,4-10H2,1-3H3. The Morgan fingerprint density at radius 3 is 2.56 bits per heavy atom. The quantitative estimate of drug-likeness (QED) is 0.771. The predicted molar refractivity (Wildman–Crippen MR) is 69.6 cm³/mol. The molecule has 2 aliphatic rings. The van der Waals surface area contributed by atoms with Crippen molar-refractivity contribution in [2.75, 3.05) is 26.7 Å². The van der Waals surface area contributed by atoms with Crippen molar-refractivity contribution in [2.45, 2.75) is 45.6 Å². The lowest BCUT2D eigenvalue weighted by atomic mass is 9.90. The van der Waals surface area contributed by atoms with Gasteiger partial charge in [-0.2, -0.15) is 0 Å². The van der Waals surface area contributed by atoms with E-state index in [9.17, 15) is 0 Å². The van der Waals surface area contributed by atoms with Gasteiger partial charge in [-0.15, -0.1) is 0 Å². The topological polar surface area (TPSA) is 15.3 Å². The third-order valence-electron chi connectivity index (χ3n) is 3.90. The molecular formula is C14H28N2. The van der Waals surface area contributed by atoms with Crippen LogP contribution in [0.25, 0.3) is 0 Å². The number of hydrogen-bond acceptors (Lipinski definition) is 2. The average Bonchev–Trinajstić information content (AvgIpc) is 2.98. The Hall–Kier alpha value is -0.0800. The van der Waals surface area contributed by atoms with Crippen molar-refractivity contribution in [1.29, 1.82) is 0 Å². The van der Waals surface area contributed by atoms with Crippen LogP contribution in [-0.2, 0) is 0 Å². The van der Waals surface area contributed by atoms with Crippen LogP contribution in [0.5, 0.6) is 0 Å². The van der Waals surface area contributed by atoms with Gasteiger partial charge < -0.3 is 10.2 Å². The van der Waals surface area contributed by atoms with E-state index < -0.39 is 0 Å². The van der Waals surface area contributed by atoms with Crippen LogP contribution in [0.4, 0.5) is 0 Å². The summed E-state index contributed by atoms with van der Waals surface area (Å²) in [5.41, 5.74) is 0. The molecule has 1 saturated heterocycles. The van der Waals surface area contributed by atoms with E-state index in [1.165, 1.54) is 45.3 Å². The van der Waals surface area contributed by atoms with E-state index in [0.29, 0.717) is 0 Å². The zero-order chi connectivity index (χ0) is 11.5. The minimum Gasteiger partial charge on any atom is -0.312 e. The number of piperidine rings is 1. The van der Waals surface area contributed by atoms with Crippen LogP contribution in [0.2, 0.25) is 0 Å². The highest BCUT2D eigenvalue weighted by molar-refractivity contribution is 4.86. The van der Waals surface area contributed by atoms with Crippen LogP contribution >= 0.6 is 0 Å². The second kappa shape index (κ2) is 5.50. The fourth-order valence-electron chi connectivity index (χ4n) is 2.99. The molecule has 0 bridgehead atoms. The van der Waals surface area contributed by atoms with Crippen molar-refractivity contribution in [2.24, 2.45) is 17.8 Å². The minimum atomic E-state index is 0.741. The van der Waals surface area contributed by atoms with Crippen LogP contribution in [0.3, 0.4) is 0 Å². The molecule has 0 aromatic rings. The first-order valence-corrected chi connectivity index (χ1v) is 7.05. The number of rotatable bonds is 5. The van der Waals surface area contributed by atoms with Gasteiger partial charge in [0.2, 0.25) is 0 Å². The first-order valence-electron chi connectivity index (χ1n) is 7.05. The number of nitrogens with one attached hydrogen (secondary N) is 1. The van der Waals surface area contributed by atoms with Crippen LogP contribution < -0.4 is 5.32 Å². The first-order chi connectivity index (χ1) is 7.63. The van der Waals surface area contributed by atoms with Gasteiger partial charge in [0.15, 0.2) is 0 Å². The summed E-state index contributed by atoms with van der Waals surface area (Å²) in [6.07, 6.45) is 5.91. The zero-order valence-electron chi connectivity index (χ0n) is 11.2. The largest absolute Gasteiger partial charge is 0.312 e. The Labute approximate surface area is 101 Å². The summed E-state index contributed by atoms with van der Waals surface area (Å²) < 4.78 is 0. The molecule has 0 amide bonds. The molecule has 0 radical (unpaired) electrons. The van der Waals surface area contributed by atoms with Gasteiger partial charge >= 0.3 is 0 Å². The lowest BCUT2D eigenvalue weighted by Crippen LogP contribution is -2.48. The van der Waals surface area contributed by atoms with E-state index in [-0.39, 0.29) is 0 Å². The monoisotopic (exact) mass is 224 g/mol. The number of likely N-dealkylation sites (tertiary alicyclic amines) is 1. The second-order valence-electron chi connectivity index (χ2n) is 6.50. The third-order valence-corrected chi connectivity index (χ3v) is 3.90. The SMILES string of the molecule is CC(C)CNC1CC(CC2CC2)CN(C)C1. The van der Waals surface area contributed by atoms with Crippen LogP contribution in [0, 0.1) is 17.8 Å². The summed E-state index contributed by atoms with van der Waals surface area (Å²) in [5.74, 6) is 2.81. The Morgan fingerprint density at radius 1 is 1.19 bits per heavy atom. The lowest BCUT2D eigenvalue weighted by molar-refractivity contribution is 0.157. The maximum atomic E-state index is 3.73. The Morgan fingerprint density at radius 2 is 1.94 bits per heavy atom. The molecule has 2 nitrogen and oxygen atoms in total. The Balaban J connectivity index is 1.74. The Kier molecular flexibility index (Phi) is 4.26.